The van der Waals surface area contributed by atoms with E-state index >= 15 is 0 Å². The molecule has 0 spiro atoms. The van der Waals surface area contributed by atoms with Crippen LogP contribution in [-0.4, -0.2) is 59.0 Å². The van der Waals surface area contributed by atoms with Crippen LogP contribution in [0.2, 0.25) is 0 Å². The maximum atomic E-state index is 13.6. The first kappa shape index (κ1) is 31.1. The van der Waals surface area contributed by atoms with Gasteiger partial charge in [-0.2, -0.15) is 18.2 Å². The van der Waals surface area contributed by atoms with Crippen molar-refractivity contribution < 1.29 is 37.0 Å². The number of rotatable bonds is 5. The number of halogens is 3. The Bertz CT molecular complexity index is 1330. The Kier molecular flexibility index (Phi) is 8.94. The molecule has 12 heteroatoms. The molecule has 2 amide bonds. The molecule has 0 aliphatic carbocycles. The van der Waals surface area contributed by atoms with Crippen molar-refractivity contribution >= 4 is 23.3 Å². The molecule has 1 aromatic heterocycles. The summed E-state index contributed by atoms with van der Waals surface area (Å²) in [5.41, 5.74) is -2.14. The topological polar surface area (TPSA) is 82.4 Å². The maximum absolute atomic E-state index is 13.6. The van der Waals surface area contributed by atoms with Crippen LogP contribution in [0.25, 0.3) is 0 Å². The van der Waals surface area contributed by atoms with E-state index in [-0.39, 0.29) is 29.4 Å². The van der Waals surface area contributed by atoms with Crippen LogP contribution in [-0.2, 0) is 27.6 Å². The number of aromatic nitrogens is 1. The van der Waals surface area contributed by atoms with Crippen LogP contribution < -0.4 is 9.54 Å². The quantitative estimate of drug-likeness (QED) is 0.412. The number of likely N-dealkylation sites (tertiary alicyclic amines) is 1. The van der Waals surface area contributed by atoms with Gasteiger partial charge in [-0.3, -0.25) is 4.79 Å². The van der Waals surface area contributed by atoms with Crippen LogP contribution in [0.5, 0.6) is 5.75 Å². The number of hydrogen-bond donors (Lipinski definition) is 0. The van der Waals surface area contributed by atoms with E-state index in [0.717, 1.165) is 35.9 Å². The van der Waals surface area contributed by atoms with E-state index in [1.54, 1.807) is 20.8 Å². The number of alkyl halides is 3. The van der Waals surface area contributed by atoms with Crippen molar-refractivity contribution in [3.05, 3.63) is 45.2 Å². The van der Waals surface area contributed by atoms with E-state index < -0.39 is 35.4 Å². The van der Waals surface area contributed by atoms with E-state index in [0.29, 0.717) is 30.9 Å². The number of hydrogen-bond acceptors (Lipinski definition) is 6. The van der Waals surface area contributed by atoms with Gasteiger partial charge in [-0.15, -0.1) is 11.3 Å². The highest BCUT2D eigenvalue weighted by Crippen LogP contribution is 2.34. The first-order valence-corrected chi connectivity index (χ1v) is 14.6. The molecule has 2 saturated heterocycles. The average Bonchev–Trinajstić information content (AvgIpc) is 3.60. The molecule has 0 saturated carbocycles. The molecule has 41 heavy (non-hydrogen) atoms. The van der Waals surface area contributed by atoms with Crippen molar-refractivity contribution in [1.82, 2.24) is 9.47 Å². The van der Waals surface area contributed by atoms with Gasteiger partial charge in [0.15, 0.2) is 4.80 Å². The Hall–Kier alpha value is -2.86. The standard InChI is InChI=1S/C29H38F3N3O5S/c1-27(2,3)23-17-35(15-19-8-7-13-38-19)25(41-23)33-24(36)21-14-18(29(30,31)32)9-10-22(21)39-20-11-12-34(16-20)26(37)40-28(4,5)6/h9-10,14,17,19-20H,7-8,11-13,15-16H2,1-6H3/t19-,20-/m1/s1. The van der Waals surface area contributed by atoms with Gasteiger partial charge < -0.3 is 23.7 Å². The summed E-state index contributed by atoms with van der Waals surface area (Å²) < 4.78 is 60.0. The summed E-state index contributed by atoms with van der Waals surface area (Å²) >= 11 is 1.33. The molecule has 3 heterocycles. The van der Waals surface area contributed by atoms with Gasteiger partial charge in [-0.05, 0) is 57.2 Å². The minimum atomic E-state index is -4.66. The highest BCUT2D eigenvalue weighted by atomic mass is 32.1. The molecule has 2 aliphatic heterocycles. The summed E-state index contributed by atoms with van der Waals surface area (Å²) in [6.07, 6.45) is -1.49. The van der Waals surface area contributed by atoms with E-state index in [1.165, 1.54) is 16.2 Å². The molecule has 4 rings (SSSR count). The summed E-state index contributed by atoms with van der Waals surface area (Å²) in [6, 6.07) is 2.81. The van der Waals surface area contributed by atoms with Crippen molar-refractivity contribution in [2.45, 2.75) is 96.7 Å². The largest absolute Gasteiger partial charge is 0.488 e. The second-order valence-electron chi connectivity index (χ2n) is 12.5. The lowest BCUT2D eigenvalue weighted by atomic mass is 9.95. The second kappa shape index (κ2) is 11.8. The van der Waals surface area contributed by atoms with Gasteiger partial charge >= 0.3 is 12.3 Å². The molecule has 2 atom stereocenters. The Labute approximate surface area is 242 Å². The molecule has 2 aliphatic rings. The highest BCUT2D eigenvalue weighted by Gasteiger charge is 2.34. The number of amides is 2. The van der Waals surface area contributed by atoms with Crippen LogP contribution in [0.1, 0.15) is 81.6 Å². The van der Waals surface area contributed by atoms with Crippen LogP contribution in [0.4, 0.5) is 18.0 Å². The molecule has 0 unspecified atom stereocenters. The van der Waals surface area contributed by atoms with Crippen LogP contribution in [0.15, 0.2) is 29.4 Å². The zero-order valence-electron chi connectivity index (χ0n) is 24.3. The van der Waals surface area contributed by atoms with Gasteiger partial charge in [0.25, 0.3) is 5.91 Å². The summed E-state index contributed by atoms with van der Waals surface area (Å²) in [7, 11) is 0. The predicted octanol–water partition coefficient (Wildman–Crippen LogP) is 6.17. The SMILES string of the molecule is CC(C)(C)OC(=O)N1CC[C@@H](Oc2ccc(C(F)(F)F)cc2C(=O)N=c2sc(C(C)(C)C)cn2C[C@H]2CCCO2)C1. The molecule has 1 aromatic carbocycles. The van der Waals surface area contributed by atoms with Crippen molar-refractivity contribution in [2.24, 2.45) is 4.99 Å². The van der Waals surface area contributed by atoms with Crippen molar-refractivity contribution in [3.63, 3.8) is 0 Å². The highest BCUT2D eigenvalue weighted by molar-refractivity contribution is 7.09. The molecule has 0 N–H and O–H groups in total. The zero-order chi connectivity index (χ0) is 30.2. The smallest absolute Gasteiger partial charge is 0.416 e. The van der Waals surface area contributed by atoms with Gasteiger partial charge in [0, 0.05) is 30.6 Å². The lowest BCUT2D eigenvalue weighted by Crippen LogP contribution is -2.36. The molecular formula is C29H38F3N3O5S. The number of carbonyl (C=O) groups is 2. The van der Waals surface area contributed by atoms with Crippen LogP contribution >= 0.6 is 11.3 Å². The van der Waals surface area contributed by atoms with Gasteiger partial charge in [0.05, 0.1) is 30.3 Å². The molecule has 2 fully saturated rings. The fraction of sp³-hybridized carbons (Fsp3) is 0.621. The second-order valence-corrected chi connectivity index (χ2v) is 13.5. The van der Waals surface area contributed by atoms with Crippen molar-refractivity contribution in [3.8, 4) is 5.75 Å². The number of carbonyl (C=O) groups excluding carboxylic acids is 2. The predicted molar refractivity (Wildman–Crippen MR) is 148 cm³/mol. The zero-order valence-corrected chi connectivity index (χ0v) is 25.2. The number of benzene rings is 1. The molecule has 2 aromatic rings. The summed E-state index contributed by atoms with van der Waals surface area (Å²) in [5.74, 6) is -0.849. The number of ether oxygens (including phenoxy) is 3. The summed E-state index contributed by atoms with van der Waals surface area (Å²) in [4.78, 5) is 33.1. The van der Waals surface area contributed by atoms with E-state index in [9.17, 15) is 22.8 Å². The average molecular weight is 598 g/mol. The Morgan fingerprint density at radius 2 is 1.85 bits per heavy atom. The Morgan fingerprint density at radius 3 is 2.46 bits per heavy atom. The van der Waals surface area contributed by atoms with E-state index in [1.807, 2.05) is 31.5 Å². The number of thiazole rings is 1. The third-order valence-electron chi connectivity index (χ3n) is 6.71. The molecule has 8 nitrogen and oxygen atoms in total. The van der Waals surface area contributed by atoms with Gasteiger partial charge in [-0.25, -0.2) is 4.79 Å². The Morgan fingerprint density at radius 1 is 1.12 bits per heavy atom. The first-order chi connectivity index (χ1) is 19.0. The molecule has 0 radical (unpaired) electrons. The number of nitrogens with zero attached hydrogens (tertiary/aromatic N) is 3. The van der Waals surface area contributed by atoms with Crippen molar-refractivity contribution in [2.75, 3.05) is 19.7 Å². The first-order valence-electron chi connectivity index (χ1n) is 13.8. The fourth-order valence-corrected chi connectivity index (χ4v) is 5.63. The van der Waals surface area contributed by atoms with Gasteiger partial charge in [0.2, 0.25) is 0 Å². The molecule has 226 valence electrons. The van der Waals surface area contributed by atoms with E-state index in [2.05, 4.69) is 4.99 Å². The lowest BCUT2D eigenvalue weighted by molar-refractivity contribution is -0.137. The van der Waals surface area contributed by atoms with Crippen LogP contribution in [0, 0.1) is 0 Å². The molecule has 0 bridgehead atoms. The van der Waals surface area contributed by atoms with E-state index in [4.69, 9.17) is 14.2 Å². The van der Waals surface area contributed by atoms with Gasteiger partial charge in [-0.1, -0.05) is 20.8 Å². The monoisotopic (exact) mass is 597 g/mol. The Balaban J connectivity index is 1.65. The maximum Gasteiger partial charge on any atom is 0.416 e. The summed E-state index contributed by atoms with van der Waals surface area (Å²) in [5, 5.41) is 0. The molecular weight excluding hydrogens is 559 g/mol. The lowest BCUT2D eigenvalue weighted by Gasteiger charge is -2.24. The third-order valence-corrected chi connectivity index (χ3v) is 8.15. The van der Waals surface area contributed by atoms with Crippen LogP contribution in [0.3, 0.4) is 0 Å². The minimum absolute atomic E-state index is 0.0129. The summed E-state index contributed by atoms with van der Waals surface area (Å²) in [6.45, 7) is 13.1. The third kappa shape index (κ3) is 8.12. The van der Waals surface area contributed by atoms with Gasteiger partial charge in [0.1, 0.15) is 17.5 Å². The minimum Gasteiger partial charge on any atom is -0.488 e. The fourth-order valence-electron chi connectivity index (χ4n) is 4.57. The van der Waals surface area contributed by atoms with Crippen molar-refractivity contribution in [1.29, 1.82) is 0 Å². The normalized spacial score (nSPS) is 20.5.